The first kappa shape index (κ1) is 17.8. The van der Waals surface area contributed by atoms with Crippen LogP contribution in [0.1, 0.15) is 29.2 Å². The number of amides is 1. The molecule has 2 aromatic carbocycles. The molecule has 1 amide bonds. The number of aliphatic carboxylic acids is 1. The molecule has 0 bridgehead atoms. The van der Waals surface area contributed by atoms with Crippen molar-refractivity contribution < 1.29 is 24.2 Å². The number of ether oxygens (including phenoxy) is 2. The largest absolute Gasteiger partial charge is 0.497 e. The van der Waals surface area contributed by atoms with Crippen LogP contribution in [-0.4, -0.2) is 24.3 Å². The van der Waals surface area contributed by atoms with Gasteiger partial charge in [0, 0.05) is 0 Å². The van der Waals surface area contributed by atoms with Crippen LogP contribution in [0.25, 0.3) is 0 Å². The van der Waals surface area contributed by atoms with Gasteiger partial charge in [-0.05, 0) is 41.7 Å². The molecule has 6 heteroatoms. The predicted molar refractivity (Wildman–Crippen MR) is 94.9 cm³/mol. The van der Waals surface area contributed by atoms with Gasteiger partial charge in [-0.2, -0.15) is 0 Å². The van der Waals surface area contributed by atoms with Gasteiger partial charge in [-0.1, -0.05) is 36.4 Å². The van der Waals surface area contributed by atoms with Crippen molar-refractivity contribution in [3.63, 3.8) is 0 Å². The SMILES string of the molecule is COc1ccc2c(c1)[C@@H](NC(=O)OCc1ccccc1)[C@@H](C(=O)O)CC2. The number of methoxy groups -OCH3 is 1. The highest BCUT2D eigenvalue weighted by Crippen LogP contribution is 2.36. The highest BCUT2D eigenvalue weighted by molar-refractivity contribution is 5.75. The molecule has 3 rings (SSSR count). The molecule has 0 radical (unpaired) electrons. The Morgan fingerprint density at radius 2 is 1.96 bits per heavy atom. The van der Waals surface area contributed by atoms with Crippen LogP contribution in [0.3, 0.4) is 0 Å². The topological polar surface area (TPSA) is 84.9 Å². The zero-order chi connectivity index (χ0) is 18.5. The first-order valence-electron chi connectivity index (χ1n) is 8.45. The van der Waals surface area contributed by atoms with Gasteiger partial charge in [0.1, 0.15) is 12.4 Å². The summed E-state index contributed by atoms with van der Waals surface area (Å²) in [5.41, 5.74) is 2.64. The number of aryl methyl sites for hydroxylation is 1. The number of rotatable bonds is 5. The molecule has 0 aromatic heterocycles. The first-order chi connectivity index (χ1) is 12.6. The van der Waals surface area contributed by atoms with Crippen molar-refractivity contribution in [2.45, 2.75) is 25.5 Å². The third-order valence-corrected chi connectivity index (χ3v) is 4.62. The van der Waals surface area contributed by atoms with E-state index in [0.29, 0.717) is 18.6 Å². The van der Waals surface area contributed by atoms with E-state index in [0.717, 1.165) is 16.7 Å². The Morgan fingerprint density at radius 3 is 2.65 bits per heavy atom. The maximum Gasteiger partial charge on any atom is 0.407 e. The zero-order valence-corrected chi connectivity index (χ0v) is 14.5. The Hall–Kier alpha value is -3.02. The van der Waals surface area contributed by atoms with E-state index in [2.05, 4.69) is 5.32 Å². The van der Waals surface area contributed by atoms with Crippen LogP contribution in [0.4, 0.5) is 4.79 Å². The third-order valence-electron chi connectivity index (χ3n) is 4.62. The van der Waals surface area contributed by atoms with Crippen molar-refractivity contribution in [3.8, 4) is 5.75 Å². The molecule has 0 unspecified atom stereocenters. The number of fused-ring (bicyclic) bond motifs is 1. The van der Waals surface area contributed by atoms with E-state index in [4.69, 9.17) is 9.47 Å². The minimum absolute atomic E-state index is 0.127. The number of hydrogen-bond donors (Lipinski definition) is 2. The summed E-state index contributed by atoms with van der Waals surface area (Å²) in [5, 5.41) is 12.3. The second kappa shape index (κ2) is 7.91. The summed E-state index contributed by atoms with van der Waals surface area (Å²) in [4.78, 5) is 23.9. The van der Waals surface area contributed by atoms with Crippen molar-refractivity contribution >= 4 is 12.1 Å². The van der Waals surface area contributed by atoms with Gasteiger partial charge in [0.05, 0.1) is 19.1 Å². The fourth-order valence-electron chi connectivity index (χ4n) is 3.25. The Kier molecular flexibility index (Phi) is 5.41. The summed E-state index contributed by atoms with van der Waals surface area (Å²) in [6, 6.07) is 14.2. The molecule has 0 aliphatic heterocycles. The van der Waals surface area contributed by atoms with Crippen LogP contribution in [0.15, 0.2) is 48.5 Å². The fourth-order valence-corrected chi connectivity index (χ4v) is 3.25. The molecule has 0 saturated heterocycles. The number of nitrogens with one attached hydrogen (secondary N) is 1. The summed E-state index contributed by atoms with van der Waals surface area (Å²) in [5.74, 6) is -1.02. The maximum atomic E-state index is 12.3. The van der Waals surface area contributed by atoms with E-state index < -0.39 is 24.0 Å². The second-order valence-electron chi connectivity index (χ2n) is 6.23. The average Bonchev–Trinajstić information content (AvgIpc) is 2.66. The molecule has 0 saturated carbocycles. The number of benzene rings is 2. The molecule has 6 nitrogen and oxygen atoms in total. The molecular formula is C20H21NO5. The van der Waals surface area contributed by atoms with Crippen molar-refractivity contribution in [3.05, 3.63) is 65.2 Å². The molecule has 1 aliphatic carbocycles. The smallest absolute Gasteiger partial charge is 0.407 e. The molecular weight excluding hydrogens is 334 g/mol. The van der Waals surface area contributed by atoms with Gasteiger partial charge >= 0.3 is 12.1 Å². The molecule has 0 fully saturated rings. The van der Waals surface area contributed by atoms with Crippen LogP contribution in [0.5, 0.6) is 5.75 Å². The summed E-state index contributed by atoms with van der Waals surface area (Å²) in [6.07, 6.45) is 0.465. The predicted octanol–water partition coefficient (Wildman–Crippen LogP) is 3.31. The van der Waals surface area contributed by atoms with E-state index in [9.17, 15) is 14.7 Å². The molecule has 0 spiro atoms. The summed E-state index contributed by atoms with van der Waals surface area (Å²) in [7, 11) is 1.55. The number of carboxylic acids is 1. The van der Waals surface area contributed by atoms with Crippen molar-refractivity contribution in [2.24, 2.45) is 5.92 Å². The second-order valence-corrected chi connectivity index (χ2v) is 6.23. The number of carbonyl (C=O) groups is 2. The van der Waals surface area contributed by atoms with Gasteiger partial charge in [0.15, 0.2) is 0 Å². The van der Waals surface area contributed by atoms with Crippen molar-refractivity contribution in [2.75, 3.05) is 7.11 Å². The lowest BCUT2D eigenvalue weighted by Gasteiger charge is -2.31. The van der Waals surface area contributed by atoms with E-state index in [1.165, 1.54) is 0 Å². The van der Waals surface area contributed by atoms with Crippen LogP contribution >= 0.6 is 0 Å². The monoisotopic (exact) mass is 355 g/mol. The molecule has 2 N–H and O–H groups in total. The standard InChI is InChI=1S/C20H21NO5/c1-25-15-9-7-14-8-10-16(19(22)23)18(17(14)11-15)21-20(24)26-12-13-5-3-2-4-6-13/h2-7,9,11,16,18H,8,10,12H2,1H3,(H,21,24)(H,22,23)/t16-,18-/m0/s1. The van der Waals surface area contributed by atoms with Crippen molar-refractivity contribution in [1.82, 2.24) is 5.32 Å². The lowest BCUT2D eigenvalue weighted by Crippen LogP contribution is -2.39. The Bertz CT molecular complexity index is 790. The van der Waals surface area contributed by atoms with Crippen LogP contribution in [-0.2, 0) is 22.6 Å². The lowest BCUT2D eigenvalue weighted by molar-refractivity contribution is -0.143. The number of carbonyl (C=O) groups excluding carboxylic acids is 1. The number of hydrogen-bond acceptors (Lipinski definition) is 4. The fraction of sp³-hybridized carbons (Fsp3) is 0.300. The first-order valence-corrected chi connectivity index (χ1v) is 8.45. The van der Waals surface area contributed by atoms with E-state index in [1.54, 1.807) is 13.2 Å². The van der Waals surface area contributed by atoms with E-state index in [1.807, 2.05) is 42.5 Å². The Labute approximate surface area is 151 Å². The zero-order valence-electron chi connectivity index (χ0n) is 14.5. The average molecular weight is 355 g/mol. The van der Waals surface area contributed by atoms with Gasteiger partial charge in [-0.3, -0.25) is 4.79 Å². The maximum absolute atomic E-state index is 12.3. The van der Waals surface area contributed by atoms with Gasteiger partial charge in [-0.25, -0.2) is 4.79 Å². The quantitative estimate of drug-likeness (QED) is 0.859. The summed E-state index contributed by atoms with van der Waals surface area (Å²) < 4.78 is 10.5. The lowest BCUT2D eigenvalue weighted by atomic mass is 9.79. The summed E-state index contributed by atoms with van der Waals surface area (Å²) >= 11 is 0. The number of alkyl carbamates (subject to hydrolysis) is 1. The molecule has 26 heavy (non-hydrogen) atoms. The minimum Gasteiger partial charge on any atom is -0.497 e. The molecule has 0 heterocycles. The molecule has 2 atom stereocenters. The van der Waals surface area contributed by atoms with Gasteiger partial charge in [0.2, 0.25) is 0 Å². The third kappa shape index (κ3) is 3.96. The molecule has 2 aromatic rings. The minimum atomic E-state index is -0.938. The molecule has 1 aliphatic rings. The van der Waals surface area contributed by atoms with Gasteiger partial charge in [0.25, 0.3) is 0 Å². The van der Waals surface area contributed by atoms with Crippen molar-refractivity contribution in [1.29, 1.82) is 0 Å². The highest BCUT2D eigenvalue weighted by Gasteiger charge is 2.36. The number of carboxylic acid groups (broad SMARTS) is 1. The normalized spacial score (nSPS) is 18.5. The van der Waals surface area contributed by atoms with Gasteiger partial charge < -0.3 is 19.9 Å². The van der Waals surface area contributed by atoms with E-state index in [-0.39, 0.29) is 6.61 Å². The summed E-state index contributed by atoms with van der Waals surface area (Å²) in [6.45, 7) is 0.127. The van der Waals surface area contributed by atoms with E-state index >= 15 is 0 Å². The Balaban J connectivity index is 1.76. The van der Waals surface area contributed by atoms with Crippen LogP contribution < -0.4 is 10.1 Å². The van der Waals surface area contributed by atoms with Crippen LogP contribution in [0, 0.1) is 5.92 Å². The van der Waals surface area contributed by atoms with Crippen LogP contribution in [0.2, 0.25) is 0 Å². The van der Waals surface area contributed by atoms with Gasteiger partial charge in [-0.15, -0.1) is 0 Å². The Morgan fingerprint density at radius 1 is 1.19 bits per heavy atom. The highest BCUT2D eigenvalue weighted by atomic mass is 16.5. The molecule has 136 valence electrons.